The van der Waals surface area contributed by atoms with Gasteiger partial charge in [-0.05, 0) is 36.4 Å². The van der Waals surface area contributed by atoms with Crippen LogP contribution in [0.15, 0.2) is 54.7 Å². The molecule has 0 fully saturated rings. The Bertz CT molecular complexity index is 994. The number of benzene rings is 2. The number of halogens is 2. The van der Waals surface area contributed by atoms with E-state index in [2.05, 4.69) is 15.6 Å². The highest BCUT2D eigenvalue weighted by Crippen LogP contribution is 2.30. The summed E-state index contributed by atoms with van der Waals surface area (Å²) in [5.41, 5.74) is 1.14. The second-order valence-corrected chi connectivity index (χ2v) is 5.71. The molecule has 144 valence electrons. The van der Waals surface area contributed by atoms with E-state index in [4.69, 9.17) is 9.47 Å². The first-order chi connectivity index (χ1) is 13.5. The molecular formula is C20H17F2N3O3. The topological polar surface area (TPSA) is 72.5 Å². The van der Waals surface area contributed by atoms with E-state index in [1.165, 1.54) is 12.3 Å². The fraction of sp³-hybridized carbons (Fsp3) is 0.100. The summed E-state index contributed by atoms with van der Waals surface area (Å²) in [5, 5.41) is 5.58. The van der Waals surface area contributed by atoms with Crippen LogP contribution in [0, 0.1) is 11.6 Å². The van der Waals surface area contributed by atoms with E-state index in [9.17, 15) is 13.6 Å². The van der Waals surface area contributed by atoms with Crippen molar-refractivity contribution in [2.45, 2.75) is 0 Å². The third-order valence-corrected chi connectivity index (χ3v) is 3.86. The number of amides is 1. The number of hydrogen-bond donors (Lipinski definition) is 2. The van der Waals surface area contributed by atoms with Crippen LogP contribution in [0.3, 0.4) is 0 Å². The number of carbonyl (C=O) groups excluding carboxylic acids is 1. The van der Waals surface area contributed by atoms with E-state index >= 15 is 0 Å². The zero-order valence-corrected chi connectivity index (χ0v) is 15.1. The molecular weight excluding hydrogens is 368 g/mol. The van der Waals surface area contributed by atoms with E-state index < -0.39 is 17.5 Å². The Morgan fingerprint density at radius 2 is 1.64 bits per heavy atom. The number of nitrogens with one attached hydrogen (secondary N) is 2. The number of aromatic nitrogens is 1. The van der Waals surface area contributed by atoms with E-state index in [0.717, 1.165) is 17.8 Å². The maximum Gasteiger partial charge on any atom is 0.257 e. The second-order valence-electron chi connectivity index (χ2n) is 5.71. The number of methoxy groups -OCH3 is 2. The summed E-state index contributed by atoms with van der Waals surface area (Å²) in [5.74, 6) is -0.830. The molecule has 0 saturated heterocycles. The molecule has 0 atom stereocenters. The Kier molecular flexibility index (Phi) is 5.69. The lowest BCUT2D eigenvalue weighted by atomic mass is 10.2. The Labute approximate surface area is 160 Å². The lowest BCUT2D eigenvalue weighted by Gasteiger charge is -2.11. The van der Waals surface area contributed by atoms with Gasteiger partial charge in [0.2, 0.25) is 0 Å². The number of ether oxygens (including phenoxy) is 2. The van der Waals surface area contributed by atoms with Gasteiger partial charge in [-0.3, -0.25) is 4.79 Å². The lowest BCUT2D eigenvalue weighted by Crippen LogP contribution is -2.12. The summed E-state index contributed by atoms with van der Waals surface area (Å²) in [6, 6.07) is 11.6. The van der Waals surface area contributed by atoms with Crippen LogP contribution in [0.25, 0.3) is 0 Å². The van der Waals surface area contributed by atoms with Gasteiger partial charge in [-0.2, -0.15) is 0 Å². The molecule has 3 rings (SSSR count). The fourth-order valence-corrected chi connectivity index (χ4v) is 2.44. The minimum absolute atomic E-state index is 0.149. The zero-order valence-electron chi connectivity index (χ0n) is 15.1. The lowest BCUT2D eigenvalue weighted by molar-refractivity contribution is 0.102. The largest absolute Gasteiger partial charge is 0.493 e. The third kappa shape index (κ3) is 4.35. The van der Waals surface area contributed by atoms with Crippen molar-refractivity contribution < 1.29 is 23.0 Å². The number of nitrogens with zero attached hydrogens (tertiary/aromatic N) is 1. The van der Waals surface area contributed by atoms with Crippen LogP contribution in [-0.2, 0) is 0 Å². The van der Waals surface area contributed by atoms with E-state index in [1.807, 2.05) is 0 Å². The monoisotopic (exact) mass is 385 g/mol. The van der Waals surface area contributed by atoms with Gasteiger partial charge >= 0.3 is 0 Å². The van der Waals surface area contributed by atoms with Gasteiger partial charge in [0, 0.05) is 29.7 Å². The smallest absolute Gasteiger partial charge is 0.257 e. The van der Waals surface area contributed by atoms with Crippen molar-refractivity contribution in [1.29, 1.82) is 0 Å². The normalized spacial score (nSPS) is 10.3. The Hall–Kier alpha value is -3.68. The van der Waals surface area contributed by atoms with Crippen LogP contribution in [0.5, 0.6) is 11.5 Å². The predicted molar refractivity (Wildman–Crippen MR) is 101 cm³/mol. The highest BCUT2D eigenvalue weighted by Gasteiger charge is 2.10. The molecule has 0 bridgehead atoms. The van der Waals surface area contributed by atoms with Gasteiger partial charge in [-0.15, -0.1) is 0 Å². The second kappa shape index (κ2) is 8.34. The van der Waals surface area contributed by atoms with Crippen LogP contribution < -0.4 is 20.1 Å². The van der Waals surface area contributed by atoms with Crippen molar-refractivity contribution in [2.24, 2.45) is 0 Å². The average molecular weight is 385 g/mol. The molecule has 3 aromatic rings. The van der Waals surface area contributed by atoms with Gasteiger partial charge in [0.25, 0.3) is 5.91 Å². The van der Waals surface area contributed by atoms with Crippen molar-refractivity contribution in [2.75, 3.05) is 24.9 Å². The number of hydrogen-bond acceptors (Lipinski definition) is 5. The summed E-state index contributed by atoms with van der Waals surface area (Å²) in [6.45, 7) is 0. The quantitative estimate of drug-likeness (QED) is 0.659. The fourth-order valence-electron chi connectivity index (χ4n) is 2.44. The van der Waals surface area contributed by atoms with Gasteiger partial charge in [-0.1, -0.05) is 0 Å². The molecule has 0 radical (unpaired) electrons. The van der Waals surface area contributed by atoms with Crippen LogP contribution in [0.4, 0.5) is 26.0 Å². The Morgan fingerprint density at radius 3 is 2.29 bits per heavy atom. The highest BCUT2D eigenvalue weighted by molar-refractivity contribution is 6.04. The predicted octanol–water partition coefficient (Wildman–Crippen LogP) is 4.37. The van der Waals surface area contributed by atoms with Crippen LogP contribution in [0.2, 0.25) is 0 Å². The van der Waals surface area contributed by atoms with Crippen molar-refractivity contribution in [1.82, 2.24) is 4.98 Å². The minimum Gasteiger partial charge on any atom is -0.493 e. The van der Waals surface area contributed by atoms with Crippen molar-refractivity contribution in [3.05, 3.63) is 71.9 Å². The Balaban J connectivity index is 1.69. The van der Waals surface area contributed by atoms with E-state index in [0.29, 0.717) is 17.3 Å². The average Bonchev–Trinajstić information content (AvgIpc) is 2.71. The van der Waals surface area contributed by atoms with Crippen molar-refractivity contribution in [3.63, 3.8) is 0 Å². The number of pyridine rings is 1. The summed E-state index contributed by atoms with van der Waals surface area (Å²) in [4.78, 5) is 16.4. The number of carbonyl (C=O) groups is 1. The molecule has 2 N–H and O–H groups in total. The Morgan fingerprint density at radius 1 is 0.893 bits per heavy atom. The molecule has 8 heteroatoms. The first kappa shape index (κ1) is 19.1. The van der Waals surface area contributed by atoms with Gasteiger partial charge in [-0.25, -0.2) is 13.8 Å². The van der Waals surface area contributed by atoms with Crippen LogP contribution >= 0.6 is 0 Å². The molecule has 0 aliphatic carbocycles. The van der Waals surface area contributed by atoms with Gasteiger partial charge < -0.3 is 20.1 Å². The van der Waals surface area contributed by atoms with E-state index in [1.54, 1.807) is 44.6 Å². The van der Waals surface area contributed by atoms with Crippen molar-refractivity contribution >= 4 is 23.1 Å². The molecule has 0 saturated carbocycles. The molecule has 1 amide bonds. The maximum absolute atomic E-state index is 13.2. The molecule has 2 aromatic carbocycles. The molecule has 0 aliphatic rings. The molecule has 6 nitrogen and oxygen atoms in total. The van der Waals surface area contributed by atoms with Crippen LogP contribution in [-0.4, -0.2) is 25.1 Å². The maximum atomic E-state index is 13.2. The van der Waals surface area contributed by atoms with E-state index in [-0.39, 0.29) is 11.3 Å². The molecule has 1 heterocycles. The minimum atomic E-state index is -1.04. The first-order valence-corrected chi connectivity index (χ1v) is 8.21. The summed E-state index contributed by atoms with van der Waals surface area (Å²) in [7, 11) is 3.09. The van der Waals surface area contributed by atoms with Crippen molar-refractivity contribution in [3.8, 4) is 11.5 Å². The number of anilines is 3. The zero-order chi connectivity index (χ0) is 20.1. The summed E-state index contributed by atoms with van der Waals surface area (Å²) < 4.78 is 36.6. The highest BCUT2D eigenvalue weighted by atomic mass is 19.2. The molecule has 0 spiro atoms. The molecule has 1 aromatic heterocycles. The summed E-state index contributed by atoms with van der Waals surface area (Å²) in [6.07, 6.45) is 1.37. The first-order valence-electron chi connectivity index (χ1n) is 8.21. The van der Waals surface area contributed by atoms with Crippen LogP contribution in [0.1, 0.15) is 10.4 Å². The number of rotatable bonds is 6. The molecule has 28 heavy (non-hydrogen) atoms. The summed E-state index contributed by atoms with van der Waals surface area (Å²) >= 11 is 0. The van der Waals surface area contributed by atoms with Gasteiger partial charge in [0.1, 0.15) is 5.82 Å². The molecule has 0 unspecified atom stereocenters. The molecule has 0 aliphatic heterocycles. The third-order valence-electron chi connectivity index (χ3n) is 3.86. The van der Waals surface area contributed by atoms with Gasteiger partial charge in [0.15, 0.2) is 23.1 Å². The standard InChI is InChI=1S/C20H17F2N3O3/c1-27-17-7-5-14(10-18(17)28-2)24-19-8-3-12(11-23-19)20(26)25-13-4-6-15(21)16(22)9-13/h3-11H,1-2H3,(H,23,24)(H,25,26). The SMILES string of the molecule is COc1ccc(Nc2ccc(C(=O)Nc3ccc(F)c(F)c3)cn2)cc1OC. The van der Waals surface area contributed by atoms with Gasteiger partial charge in [0.05, 0.1) is 19.8 Å².